The Balaban J connectivity index is 1.40. The van der Waals surface area contributed by atoms with Gasteiger partial charge in [-0.3, -0.25) is 0 Å². The third-order valence-electron chi connectivity index (χ3n) is 7.00. The summed E-state index contributed by atoms with van der Waals surface area (Å²) in [5.74, 6) is -0.410. The zero-order chi connectivity index (χ0) is 34.1. The molecule has 0 N–H and O–H groups in total. The molecular formula is C36H56O10Si. The number of esters is 1. The molecule has 0 heterocycles. The summed E-state index contributed by atoms with van der Waals surface area (Å²) in [6.45, 7) is 19.3. The molecule has 2 rings (SSSR count). The maximum absolute atomic E-state index is 11.2. The molecule has 0 saturated heterocycles. The summed E-state index contributed by atoms with van der Waals surface area (Å²) in [7, 11) is -2.54. The highest BCUT2D eigenvalue weighted by Crippen LogP contribution is 2.36. The number of hydrogen-bond acceptors (Lipinski definition) is 10. The number of benzene rings is 2. The van der Waals surface area contributed by atoms with Gasteiger partial charge in [-0.1, -0.05) is 88.0 Å². The molecule has 47 heavy (non-hydrogen) atoms. The van der Waals surface area contributed by atoms with Crippen LogP contribution >= 0.6 is 0 Å². The second kappa shape index (κ2) is 24.7. The summed E-state index contributed by atoms with van der Waals surface area (Å²) in [5.41, 5.74) is 0.372. The molecule has 0 aliphatic heterocycles. The van der Waals surface area contributed by atoms with Gasteiger partial charge in [-0.15, -0.1) is 0 Å². The van der Waals surface area contributed by atoms with E-state index in [1.54, 1.807) is 6.92 Å². The first-order valence-electron chi connectivity index (χ1n) is 16.4. The van der Waals surface area contributed by atoms with E-state index in [1.165, 1.54) is 10.4 Å². The number of hydrogen-bond donors (Lipinski definition) is 0. The van der Waals surface area contributed by atoms with Crippen LogP contribution in [0.2, 0.25) is 5.04 Å². The van der Waals surface area contributed by atoms with Crippen LogP contribution in [0.1, 0.15) is 27.7 Å². The molecule has 0 radical (unpaired) electrons. The lowest BCUT2D eigenvalue weighted by atomic mass is 10.2. The van der Waals surface area contributed by atoms with Gasteiger partial charge >= 0.3 is 5.97 Å². The van der Waals surface area contributed by atoms with Gasteiger partial charge in [0, 0.05) is 5.57 Å². The Morgan fingerprint density at radius 3 is 1.13 bits per heavy atom. The maximum atomic E-state index is 11.2. The van der Waals surface area contributed by atoms with Gasteiger partial charge in [0.1, 0.15) is 6.61 Å². The largest absolute Gasteiger partial charge is 0.460 e. The summed E-state index contributed by atoms with van der Waals surface area (Å²) in [6.07, 6.45) is 0. The molecule has 0 unspecified atom stereocenters. The van der Waals surface area contributed by atoms with Gasteiger partial charge in [0.25, 0.3) is 8.32 Å². The number of ether oxygens (including phenoxy) is 8. The molecule has 2 aromatic rings. The molecule has 0 amide bonds. The van der Waals surface area contributed by atoms with E-state index in [1.807, 2.05) is 0 Å². The molecule has 10 nitrogen and oxygen atoms in total. The van der Waals surface area contributed by atoms with Gasteiger partial charge in [-0.25, -0.2) is 4.79 Å². The van der Waals surface area contributed by atoms with Crippen LogP contribution in [0.15, 0.2) is 72.8 Å². The maximum Gasteiger partial charge on any atom is 0.333 e. The predicted octanol–water partition coefficient (Wildman–Crippen LogP) is 3.80. The Kier molecular flexibility index (Phi) is 21.4. The fourth-order valence-corrected chi connectivity index (χ4v) is 9.30. The van der Waals surface area contributed by atoms with Crippen molar-refractivity contribution in [2.75, 3.05) is 106 Å². The predicted molar refractivity (Wildman–Crippen MR) is 185 cm³/mol. The molecule has 0 spiro atoms. The van der Waals surface area contributed by atoms with Crippen molar-refractivity contribution in [1.82, 2.24) is 0 Å². The Hall–Kier alpha value is -2.45. The van der Waals surface area contributed by atoms with Crippen molar-refractivity contribution in [3.8, 4) is 0 Å². The minimum Gasteiger partial charge on any atom is -0.460 e. The van der Waals surface area contributed by atoms with E-state index in [2.05, 4.69) is 88.0 Å². The minimum absolute atomic E-state index is 0.0578. The Bertz CT molecular complexity index is 1040. The summed E-state index contributed by atoms with van der Waals surface area (Å²) >= 11 is 0. The lowest BCUT2D eigenvalue weighted by Gasteiger charge is -2.43. The van der Waals surface area contributed by atoms with Gasteiger partial charge in [-0.2, -0.15) is 0 Å². The van der Waals surface area contributed by atoms with Crippen LogP contribution in [0.3, 0.4) is 0 Å². The van der Waals surface area contributed by atoms with E-state index in [-0.39, 0.29) is 11.6 Å². The van der Waals surface area contributed by atoms with E-state index in [0.717, 1.165) is 0 Å². The molecule has 0 saturated carbocycles. The number of carbonyl (C=O) groups is 1. The molecule has 0 fully saturated rings. The minimum atomic E-state index is -2.54. The average molecular weight is 677 g/mol. The van der Waals surface area contributed by atoms with E-state index in [0.29, 0.717) is 105 Å². The topological polar surface area (TPSA) is 100 Å². The van der Waals surface area contributed by atoms with Gasteiger partial charge in [0.15, 0.2) is 0 Å². The highest BCUT2D eigenvalue weighted by atomic mass is 28.4. The highest BCUT2D eigenvalue weighted by molar-refractivity contribution is 6.99. The quantitative estimate of drug-likeness (QED) is 0.0573. The fourth-order valence-electron chi connectivity index (χ4n) is 4.75. The lowest BCUT2D eigenvalue weighted by Crippen LogP contribution is -2.66. The van der Waals surface area contributed by atoms with Crippen molar-refractivity contribution in [3.05, 3.63) is 72.8 Å². The molecule has 0 atom stereocenters. The smallest absolute Gasteiger partial charge is 0.333 e. The van der Waals surface area contributed by atoms with Crippen molar-refractivity contribution < 1.29 is 47.1 Å². The van der Waals surface area contributed by atoms with Crippen molar-refractivity contribution in [2.24, 2.45) is 0 Å². The monoisotopic (exact) mass is 676 g/mol. The molecule has 264 valence electrons. The van der Waals surface area contributed by atoms with Crippen molar-refractivity contribution in [1.29, 1.82) is 0 Å². The molecule has 11 heteroatoms. The summed E-state index contributed by atoms with van der Waals surface area (Å²) < 4.78 is 50.5. The van der Waals surface area contributed by atoms with Crippen molar-refractivity contribution in [3.63, 3.8) is 0 Å². The van der Waals surface area contributed by atoms with Gasteiger partial charge in [0.05, 0.1) is 99.1 Å². The Morgan fingerprint density at radius 2 is 0.830 bits per heavy atom. The fraction of sp³-hybridized carbons (Fsp3) is 0.583. The van der Waals surface area contributed by atoms with E-state index in [4.69, 9.17) is 42.3 Å². The van der Waals surface area contributed by atoms with Crippen LogP contribution in [0, 0.1) is 0 Å². The van der Waals surface area contributed by atoms with Crippen molar-refractivity contribution >= 4 is 24.7 Å². The third-order valence-corrected chi connectivity index (χ3v) is 12.0. The first kappa shape index (κ1) is 40.7. The highest BCUT2D eigenvalue weighted by Gasteiger charge is 2.50. The SMILES string of the molecule is C=C(C)C(=O)OCCOCCOCCOCCOCCOCCOCCOCCO[Si](c1ccccc1)(c1ccccc1)C(C)(C)C. The van der Waals surface area contributed by atoms with Crippen LogP contribution in [0.4, 0.5) is 0 Å². The second-order valence-corrected chi connectivity index (χ2v) is 16.0. The van der Waals surface area contributed by atoms with Crippen LogP contribution in [0.25, 0.3) is 0 Å². The number of rotatable bonds is 28. The zero-order valence-corrected chi connectivity index (χ0v) is 29.9. The summed E-state index contributed by atoms with van der Waals surface area (Å²) in [5, 5.41) is 2.47. The molecule has 0 aliphatic carbocycles. The molecule has 0 bridgehead atoms. The first-order chi connectivity index (χ1) is 22.8. The first-order valence-corrected chi connectivity index (χ1v) is 18.3. The van der Waals surface area contributed by atoms with Gasteiger partial charge in [0.2, 0.25) is 0 Å². The van der Waals surface area contributed by atoms with Gasteiger partial charge < -0.3 is 42.3 Å². The standard InChI is InChI=1S/C36H56O10Si/c1-32(2)35(37)45-30-28-43-26-24-41-22-20-39-18-16-38-17-19-40-21-23-42-25-27-44-29-31-46-47(36(3,4)5,33-12-8-6-9-13-33)34-14-10-7-11-15-34/h6-15H,1,16-31H2,2-5H3. The number of carbonyl (C=O) groups excluding carboxylic acids is 1. The van der Waals surface area contributed by atoms with E-state index in [9.17, 15) is 4.79 Å². The van der Waals surface area contributed by atoms with Crippen LogP contribution in [-0.4, -0.2) is 120 Å². The zero-order valence-electron chi connectivity index (χ0n) is 28.9. The second-order valence-electron chi connectivity index (χ2n) is 11.7. The Morgan fingerprint density at radius 1 is 0.532 bits per heavy atom. The van der Waals surface area contributed by atoms with Crippen LogP contribution in [0.5, 0.6) is 0 Å². The average Bonchev–Trinajstić information content (AvgIpc) is 3.06. The lowest BCUT2D eigenvalue weighted by molar-refractivity contribution is -0.140. The normalized spacial score (nSPS) is 11.9. The Labute approximate surface area is 282 Å². The van der Waals surface area contributed by atoms with Crippen LogP contribution < -0.4 is 10.4 Å². The third kappa shape index (κ3) is 16.5. The van der Waals surface area contributed by atoms with Crippen LogP contribution in [-0.2, 0) is 47.1 Å². The summed E-state index contributed by atoms with van der Waals surface area (Å²) in [4.78, 5) is 11.2. The molecule has 0 aliphatic rings. The molecule has 2 aromatic carbocycles. The summed E-state index contributed by atoms with van der Waals surface area (Å²) in [6, 6.07) is 21.2. The molecular weight excluding hydrogens is 620 g/mol. The van der Waals surface area contributed by atoms with Gasteiger partial charge in [-0.05, 0) is 22.3 Å². The molecule has 0 aromatic heterocycles. The van der Waals surface area contributed by atoms with Crippen molar-refractivity contribution in [2.45, 2.75) is 32.7 Å². The van der Waals surface area contributed by atoms with E-state index < -0.39 is 14.3 Å². The van der Waals surface area contributed by atoms with E-state index >= 15 is 0 Å².